The largest absolute Gasteiger partial charge is 0.381 e. The summed E-state index contributed by atoms with van der Waals surface area (Å²) >= 11 is 0. The van der Waals surface area contributed by atoms with E-state index in [2.05, 4.69) is 38.9 Å². The third-order valence-electron chi connectivity index (χ3n) is 4.11. The lowest BCUT2D eigenvalue weighted by molar-refractivity contribution is 0.193. The van der Waals surface area contributed by atoms with Crippen molar-refractivity contribution in [1.82, 2.24) is 20.1 Å². The van der Waals surface area contributed by atoms with E-state index in [1.807, 2.05) is 6.07 Å². The predicted molar refractivity (Wildman–Crippen MR) is 89.6 cm³/mol. The van der Waals surface area contributed by atoms with Gasteiger partial charge >= 0.3 is 0 Å². The Kier molecular flexibility index (Phi) is 5.24. The van der Waals surface area contributed by atoms with Crippen LogP contribution in [0, 0.1) is 0 Å². The second-order valence-electron chi connectivity index (χ2n) is 5.94. The van der Waals surface area contributed by atoms with Crippen molar-refractivity contribution in [1.29, 1.82) is 0 Å². The fourth-order valence-corrected chi connectivity index (χ4v) is 2.81. The third kappa shape index (κ3) is 3.81. The van der Waals surface area contributed by atoms with Crippen molar-refractivity contribution in [2.24, 2.45) is 0 Å². The highest BCUT2D eigenvalue weighted by atomic mass is 16.5. The third-order valence-corrected chi connectivity index (χ3v) is 4.11. The van der Waals surface area contributed by atoms with Gasteiger partial charge in [-0.05, 0) is 19.8 Å². The molecule has 1 saturated heterocycles. The van der Waals surface area contributed by atoms with Crippen LogP contribution in [0.4, 0.5) is 11.8 Å². The minimum absolute atomic E-state index is 0.285. The average Bonchev–Trinajstić information content (AvgIpc) is 3.24. The van der Waals surface area contributed by atoms with Crippen molar-refractivity contribution < 1.29 is 9.26 Å². The molecular weight excluding hydrogens is 308 g/mol. The molecular formula is C16H24N6O2. The van der Waals surface area contributed by atoms with Crippen LogP contribution < -0.4 is 10.6 Å². The smallest absolute Gasteiger partial charge is 0.226 e. The summed E-state index contributed by atoms with van der Waals surface area (Å²) in [6.07, 6.45) is 2.74. The van der Waals surface area contributed by atoms with Crippen LogP contribution in [0.5, 0.6) is 0 Å². The molecule has 3 rings (SSSR count). The van der Waals surface area contributed by atoms with E-state index in [0.717, 1.165) is 43.9 Å². The Bertz CT molecular complexity index is 668. The van der Waals surface area contributed by atoms with E-state index in [1.54, 1.807) is 0 Å². The second-order valence-corrected chi connectivity index (χ2v) is 5.94. The minimum atomic E-state index is 0.285. The van der Waals surface area contributed by atoms with Crippen LogP contribution in [-0.4, -0.2) is 39.9 Å². The van der Waals surface area contributed by atoms with Gasteiger partial charge in [0, 0.05) is 31.6 Å². The molecule has 0 saturated carbocycles. The fourth-order valence-electron chi connectivity index (χ4n) is 2.81. The first-order chi connectivity index (χ1) is 11.7. The van der Waals surface area contributed by atoms with E-state index in [-0.39, 0.29) is 11.9 Å². The summed E-state index contributed by atoms with van der Waals surface area (Å²) in [7, 11) is 0. The zero-order valence-corrected chi connectivity index (χ0v) is 14.2. The van der Waals surface area contributed by atoms with Gasteiger partial charge in [-0.15, -0.1) is 0 Å². The highest BCUT2D eigenvalue weighted by Crippen LogP contribution is 2.27. The van der Waals surface area contributed by atoms with Crippen LogP contribution in [0.25, 0.3) is 0 Å². The number of aromatic nitrogens is 4. The van der Waals surface area contributed by atoms with Gasteiger partial charge < -0.3 is 19.9 Å². The molecule has 8 nitrogen and oxygen atoms in total. The van der Waals surface area contributed by atoms with Crippen molar-refractivity contribution in [2.75, 3.05) is 30.4 Å². The summed E-state index contributed by atoms with van der Waals surface area (Å²) < 4.78 is 10.7. The van der Waals surface area contributed by atoms with E-state index in [9.17, 15) is 0 Å². The van der Waals surface area contributed by atoms with Crippen LogP contribution in [-0.2, 0) is 17.7 Å². The van der Waals surface area contributed by atoms with Crippen molar-refractivity contribution in [3.8, 4) is 0 Å². The van der Waals surface area contributed by atoms with Gasteiger partial charge in [0.2, 0.25) is 11.8 Å². The first kappa shape index (κ1) is 16.6. The van der Waals surface area contributed by atoms with Crippen molar-refractivity contribution in [3.63, 3.8) is 0 Å². The Morgan fingerprint density at radius 2 is 2.17 bits per heavy atom. The number of nitrogens with two attached hydrogens (primary N) is 1. The average molecular weight is 332 g/mol. The normalized spacial score (nSPS) is 17.3. The second kappa shape index (κ2) is 7.57. The van der Waals surface area contributed by atoms with Crippen LogP contribution in [0.3, 0.4) is 0 Å². The van der Waals surface area contributed by atoms with Gasteiger partial charge in [0.15, 0.2) is 5.82 Å². The van der Waals surface area contributed by atoms with Gasteiger partial charge in [-0.25, -0.2) is 4.98 Å². The summed E-state index contributed by atoms with van der Waals surface area (Å²) in [6.45, 7) is 6.89. The number of hydrogen-bond donors (Lipinski definition) is 1. The van der Waals surface area contributed by atoms with E-state index in [4.69, 9.17) is 15.0 Å². The van der Waals surface area contributed by atoms with Crippen LogP contribution in [0.15, 0.2) is 10.6 Å². The number of nitrogens with zero attached hydrogens (tertiary/aromatic N) is 5. The summed E-state index contributed by atoms with van der Waals surface area (Å²) in [4.78, 5) is 15.2. The Hall–Kier alpha value is -2.22. The maximum absolute atomic E-state index is 5.92. The van der Waals surface area contributed by atoms with Gasteiger partial charge in [-0.3, -0.25) is 0 Å². The van der Waals surface area contributed by atoms with E-state index in [0.29, 0.717) is 24.9 Å². The van der Waals surface area contributed by atoms with E-state index in [1.165, 1.54) is 0 Å². The predicted octanol–water partition coefficient (Wildman–Crippen LogP) is 1.92. The Labute approximate surface area is 141 Å². The molecule has 1 atom stereocenters. The molecule has 0 unspecified atom stereocenters. The molecule has 0 bridgehead atoms. The standard InChI is InChI=1S/C16H24N6O2/c1-3-5-15-19-13(21-24-15)9-22(4-2)14-8-12(18-16(17)20-14)11-6-7-23-10-11/h8,11H,3-7,9-10H2,1-2H3,(H2,17,18,20)/t11-/m1/s1. The van der Waals surface area contributed by atoms with Crippen LogP contribution in [0.2, 0.25) is 0 Å². The molecule has 1 aliphatic heterocycles. The summed E-state index contributed by atoms with van der Waals surface area (Å²) in [5.41, 5.74) is 6.86. The maximum atomic E-state index is 5.92. The fraction of sp³-hybridized carbons (Fsp3) is 0.625. The molecule has 0 spiro atoms. The SMILES string of the molecule is CCCc1nc(CN(CC)c2cc([C@@H]3CCOC3)nc(N)n2)no1. The zero-order valence-electron chi connectivity index (χ0n) is 14.2. The summed E-state index contributed by atoms with van der Waals surface area (Å²) in [6, 6.07) is 1.99. The van der Waals surface area contributed by atoms with E-state index < -0.39 is 0 Å². The maximum Gasteiger partial charge on any atom is 0.226 e. The van der Waals surface area contributed by atoms with Crippen molar-refractivity contribution >= 4 is 11.8 Å². The lowest BCUT2D eigenvalue weighted by Crippen LogP contribution is -2.25. The van der Waals surface area contributed by atoms with Gasteiger partial charge in [-0.2, -0.15) is 9.97 Å². The molecule has 0 amide bonds. The molecule has 8 heteroatoms. The summed E-state index contributed by atoms with van der Waals surface area (Å²) in [5.74, 6) is 2.69. The number of rotatable bonds is 7. The van der Waals surface area contributed by atoms with Gasteiger partial charge in [0.25, 0.3) is 0 Å². The minimum Gasteiger partial charge on any atom is -0.381 e. The number of anilines is 2. The molecule has 2 N–H and O–H groups in total. The molecule has 0 aliphatic carbocycles. The molecule has 3 heterocycles. The molecule has 0 radical (unpaired) electrons. The summed E-state index contributed by atoms with van der Waals surface area (Å²) in [5, 5.41) is 4.05. The monoisotopic (exact) mass is 332 g/mol. The highest BCUT2D eigenvalue weighted by molar-refractivity contribution is 5.44. The van der Waals surface area contributed by atoms with Gasteiger partial charge in [0.1, 0.15) is 5.82 Å². The quantitative estimate of drug-likeness (QED) is 0.820. The molecule has 2 aromatic rings. The van der Waals surface area contributed by atoms with Crippen LogP contribution >= 0.6 is 0 Å². The molecule has 2 aromatic heterocycles. The van der Waals surface area contributed by atoms with Crippen LogP contribution in [0.1, 0.15) is 50.0 Å². The number of nitrogen functional groups attached to an aromatic ring is 1. The van der Waals surface area contributed by atoms with Gasteiger partial charge in [0.05, 0.1) is 18.8 Å². The first-order valence-corrected chi connectivity index (χ1v) is 8.48. The Morgan fingerprint density at radius 3 is 2.88 bits per heavy atom. The first-order valence-electron chi connectivity index (χ1n) is 8.48. The molecule has 1 fully saturated rings. The Morgan fingerprint density at radius 1 is 1.29 bits per heavy atom. The lowest BCUT2D eigenvalue weighted by Gasteiger charge is -2.21. The van der Waals surface area contributed by atoms with E-state index >= 15 is 0 Å². The molecule has 130 valence electrons. The Balaban J connectivity index is 1.78. The highest BCUT2D eigenvalue weighted by Gasteiger charge is 2.22. The number of hydrogen-bond acceptors (Lipinski definition) is 8. The molecule has 24 heavy (non-hydrogen) atoms. The van der Waals surface area contributed by atoms with Crippen molar-refractivity contribution in [3.05, 3.63) is 23.5 Å². The van der Waals surface area contributed by atoms with Gasteiger partial charge in [-0.1, -0.05) is 12.1 Å². The number of ether oxygens (including phenoxy) is 1. The topological polar surface area (TPSA) is 103 Å². The number of aryl methyl sites for hydroxylation is 1. The lowest BCUT2D eigenvalue weighted by atomic mass is 10.0. The van der Waals surface area contributed by atoms with Crippen molar-refractivity contribution in [2.45, 2.75) is 45.6 Å². The molecule has 0 aromatic carbocycles. The zero-order chi connectivity index (χ0) is 16.9. The molecule has 1 aliphatic rings.